The maximum absolute atomic E-state index is 6.07. The number of rotatable bonds is 5. The van der Waals surface area contributed by atoms with E-state index in [1.807, 2.05) is 43.3 Å². The molecule has 3 nitrogen and oxygen atoms in total. The average molecular weight is 369 g/mol. The molecule has 4 rings (SSSR count). The molecule has 5 heteroatoms. The van der Waals surface area contributed by atoms with Crippen molar-refractivity contribution in [1.29, 1.82) is 0 Å². The first-order valence-corrected chi connectivity index (χ1v) is 9.36. The third-order valence-electron chi connectivity index (χ3n) is 4.11. The molecule has 0 aliphatic carbocycles. The van der Waals surface area contributed by atoms with Gasteiger partial charge in [-0.25, -0.2) is 4.98 Å². The molecule has 0 spiro atoms. The second-order valence-corrected chi connectivity index (χ2v) is 7.17. The van der Waals surface area contributed by atoms with Crippen LogP contribution in [0, 0.1) is 6.92 Å². The summed E-state index contributed by atoms with van der Waals surface area (Å²) in [6.07, 6.45) is 0. The van der Waals surface area contributed by atoms with Crippen LogP contribution in [0.3, 0.4) is 0 Å². The van der Waals surface area contributed by atoms with Crippen LogP contribution in [0.25, 0.3) is 21.7 Å². The number of nitrogens with zero attached hydrogens (tertiary/aromatic N) is 2. The second kappa shape index (κ2) is 6.90. The fraction of sp³-hybridized carbons (Fsp3) is 0.150. The number of ether oxygens (including phenoxy) is 1. The molecule has 126 valence electrons. The molecule has 0 saturated heterocycles. The highest BCUT2D eigenvalue weighted by atomic mass is 35.5. The topological polar surface area (TPSA) is 27.1 Å². The van der Waals surface area contributed by atoms with Gasteiger partial charge in [0.2, 0.25) is 0 Å². The Morgan fingerprint density at radius 1 is 1.12 bits per heavy atom. The summed E-state index contributed by atoms with van der Waals surface area (Å²) in [6.45, 7) is 3.28. The Morgan fingerprint density at radius 2 is 2.00 bits per heavy atom. The van der Waals surface area contributed by atoms with E-state index in [1.54, 1.807) is 11.3 Å². The molecule has 0 amide bonds. The van der Waals surface area contributed by atoms with Gasteiger partial charge in [-0.15, -0.1) is 11.3 Å². The fourth-order valence-electron chi connectivity index (χ4n) is 2.86. The summed E-state index contributed by atoms with van der Waals surface area (Å²) in [5.74, 6) is 1.83. The lowest BCUT2D eigenvalue weighted by atomic mass is 10.2. The number of imidazole rings is 1. The van der Waals surface area contributed by atoms with Gasteiger partial charge < -0.3 is 9.30 Å². The van der Waals surface area contributed by atoms with Crippen LogP contribution in [0.2, 0.25) is 5.02 Å². The molecule has 4 aromatic rings. The van der Waals surface area contributed by atoms with E-state index in [1.165, 1.54) is 4.88 Å². The molecule has 0 aliphatic heterocycles. The van der Waals surface area contributed by atoms with E-state index >= 15 is 0 Å². The van der Waals surface area contributed by atoms with Crippen molar-refractivity contribution in [3.8, 4) is 16.5 Å². The molecule has 0 saturated carbocycles. The monoisotopic (exact) mass is 368 g/mol. The Labute approximate surface area is 155 Å². The van der Waals surface area contributed by atoms with Gasteiger partial charge in [-0.1, -0.05) is 29.8 Å². The third kappa shape index (κ3) is 3.28. The van der Waals surface area contributed by atoms with Gasteiger partial charge in [0, 0.05) is 5.02 Å². The second-order valence-electron chi connectivity index (χ2n) is 5.81. The summed E-state index contributed by atoms with van der Waals surface area (Å²) in [5, 5.41) is 2.83. The van der Waals surface area contributed by atoms with Crippen LogP contribution < -0.4 is 4.74 Å². The molecule has 0 radical (unpaired) electrons. The highest BCUT2D eigenvalue weighted by molar-refractivity contribution is 7.13. The summed E-state index contributed by atoms with van der Waals surface area (Å²) >= 11 is 7.77. The summed E-state index contributed by atoms with van der Waals surface area (Å²) in [7, 11) is 0. The first-order chi connectivity index (χ1) is 12.2. The fourth-order valence-corrected chi connectivity index (χ4v) is 3.70. The van der Waals surface area contributed by atoms with Crippen molar-refractivity contribution in [1.82, 2.24) is 9.55 Å². The predicted molar refractivity (Wildman–Crippen MR) is 105 cm³/mol. The Kier molecular flexibility index (Phi) is 4.47. The standard InChI is InChI=1S/C20H17ClN2OS/c1-14-13-15(8-9-16(14)21)24-11-10-23-18-6-3-2-5-17(18)22-20(23)19-7-4-12-25-19/h2-9,12-13H,10-11H2,1H3. The van der Waals surface area contributed by atoms with Gasteiger partial charge in [0.1, 0.15) is 12.4 Å². The number of benzene rings is 2. The minimum atomic E-state index is 0.569. The van der Waals surface area contributed by atoms with E-state index in [4.69, 9.17) is 21.3 Å². The van der Waals surface area contributed by atoms with E-state index in [-0.39, 0.29) is 0 Å². The molecule has 2 aromatic carbocycles. The van der Waals surface area contributed by atoms with Crippen LogP contribution in [-0.2, 0) is 6.54 Å². The van der Waals surface area contributed by atoms with Crippen molar-refractivity contribution >= 4 is 34.0 Å². The van der Waals surface area contributed by atoms with E-state index < -0.39 is 0 Å². The quantitative estimate of drug-likeness (QED) is 0.444. The SMILES string of the molecule is Cc1cc(OCCn2c(-c3cccs3)nc3ccccc32)ccc1Cl. The molecule has 0 N–H and O–H groups in total. The van der Waals surface area contributed by atoms with Crippen molar-refractivity contribution in [3.63, 3.8) is 0 Å². The number of hydrogen-bond donors (Lipinski definition) is 0. The van der Waals surface area contributed by atoms with E-state index in [0.29, 0.717) is 6.61 Å². The molecular formula is C20H17ClN2OS. The molecule has 0 bridgehead atoms. The van der Waals surface area contributed by atoms with Gasteiger partial charge in [0.05, 0.1) is 22.5 Å². The zero-order chi connectivity index (χ0) is 17.2. The van der Waals surface area contributed by atoms with Crippen LogP contribution >= 0.6 is 22.9 Å². The van der Waals surface area contributed by atoms with Crippen LogP contribution in [0.1, 0.15) is 5.56 Å². The minimum Gasteiger partial charge on any atom is -0.492 e. The molecular weight excluding hydrogens is 352 g/mol. The predicted octanol–water partition coefficient (Wildman–Crippen LogP) is 5.81. The van der Waals surface area contributed by atoms with Crippen molar-refractivity contribution in [2.75, 3.05) is 6.61 Å². The van der Waals surface area contributed by atoms with Gasteiger partial charge in [-0.2, -0.15) is 0 Å². The highest BCUT2D eigenvalue weighted by Crippen LogP contribution is 2.28. The van der Waals surface area contributed by atoms with Crippen LogP contribution in [0.4, 0.5) is 0 Å². The molecule has 2 heterocycles. The number of hydrogen-bond acceptors (Lipinski definition) is 3. The van der Waals surface area contributed by atoms with E-state index in [2.05, 4.69) is 28.1 Å². The van der Waals surface area contributed by atoms with Gasteiger partial charge in [0.25, 0.3) is 0 Å². The Morgan fingerprint density at radius 3 is 2.80 bits per heavy atom. The number of halogens is 1. The number of aryl methyl sites for hydroxylation is 1. The normalized spacial score (nSPS) is 11.1. The highest BCUT2D eigenvalue weighted by Gasteiger charge is 2.13. The number of aromatic nitrogens is 2. The maximum Gasteiger partial charge on any atom is 0.151 e. The van der Waals surface area contributed by atoms with E-state index in [9.17, 15) is 0 Å². The van der Waals surface area contributed by atoms with Crippen LogP contribution in [0.15, 0.2) is 60.0 Å². The minimum absolute atomic E-state index is 0.569. The lowest BCUT2D eigenvalue weighted by Crippen LogP contribution is -2.09. The zero-order valence-corrected chi connectivity index (χ0v) is 15.3. The third-order valence-corrected chi connectivity index (χ3v) is 5.40. The molecule has 0 atom stereocenters. The van der Waals surface area contributed by atoms with Crippen molar-refractivity contribution in [2.45, 2.75) is 13.5 Å². The Bertz CT molecular complexity index is 1010. The summed E-state index contributed by atoms with van der Waals surface area (Å²) in [5.41, 5.74) is 3.15. The van der Waals surface area contributed by atoms with Crippen LogP contribution in [0.5, 0.6) is 5.75 Å². The van der Waals surface area contributed by atoms with Gasteiger partial charge in [-0.3, -0.25) is 0 Å². The van der Waals surface area contributed by atoms with Crippen molar-refractivity contribution < 1.29 is 4.74 Å². The molecule has 25 heavy (non-hydrogen) atoms. The summed E-state index contributed by atoms with van der Waals surface area (Å²) in [6, 6.07) is 18.1. The first-order valence-electron chi connectivity index (χ1n) is 8.10. The van der Waals surface area contributed by atoms with Gasteiger partial charge >= 0.3 is 0 Å². The number of para-hydroxylation sites is 2. The summed E-state index contributed by atoms with van der Waals surface area (Å²) in [4.78, 5) is 5.97. The Hall–Kier alpha value is -2.30. The number of thiophene rings is 1. The van der Waals surface area contributed by atoms with E-state index in [0.717, 1.165) is 39.7 Å². The van der Waals surface area contributed by atoms with Gasteiger partial charge in [-0.05, 0) is 54.3 Å². The molecule has 0 fully saturated rings. The smallest absolute Gasteiger partial charge is 0.151 e. The lowest BCUT2D eigenvalue weighted by molar-refractivity contribution is 0.300. The first kappa shape index (κ1) is 16.2. The van der Waals surface area contributed by atoms with Crippen LogP contribution in [-0.4, -0.2) is 16.2 Å². The average Bonchev–Trinajstić information content (AvgIpc) is 3.26. The number of fused-ring (bicyclic) bond motifs is 1. The lowest BCUT2D eigenvalue weighted by Gasteiger charge is -2.11. The maximum atomic E-state index is 6.07. The van der Waals surface area contributed by atoms with Crippen molar-refractivity contribution in [3.05, 3.63) is 70.6 Å². The molecule has 0 unspecified atom stereocenters. The zero-order valence-electron chi connectivity index (χ0n) is 13.8. The van der Waals surface area contributed by atoms with Crippen molar-refractivity contribution in [2.24, 2.45) is 0 Å². The molecule has 0 aliphatic rings. The molecule has 2 aromatic heterocycles. The summed E-state index contributed by atoms with van der Waals surface area (Å²) < 4.78 is 8.16. The van der Waals surface area contributed by atoms with Gasteiger partial charge in [0.15, 0.2) is 5.82 Å². The Balaban J connectivity index is 1.60. The largest absolute Gasteiger partial charge is 0.492 e.